The van der Waals surface area contributed by atoms with Gasteiger partial charge in [-0.15, -0.1) is 0 Å². The third-order valence-electron chi connectivity index (χ3n) is 2.79. The molecule has 2 nitrogen and oxygen atoms in total. The van der Waals surface area contributed by atoms with Gasteiger partial charge in [-0.05, 0) is 33.1 Å². The van der Waals surface area contributed by atoms with Crippen molar-refractivity contribution in [2.75, 3.05) is 6.61 Å². The quantitative estimate of drug-likeness (QED) is 0.501. The molecule has 0 N–H and O–H groups in total. The molecule has 2 heteroatoms. The van der Waals surface area contributed by atoms with Crippen LogP contribution in [0.25, 0.3) is 0 Å². The van der Waals surface area contributed by atoms with Crippen molar-refractivity contribution in [1.29, 1.82) is 0 Å². The first-order valence-corrected chi connectivity index (χ1v) is 5.54. The fraction of sp³-hybridized carbons (Fsp3) is 0.750. The SMILES string of the molecule is CCOC(=O)C1(C)/C=C\CCCCC1. The summed E-state index contributed by atoms with van der Waals surface area (Å²) in [6, 6.07) is 0. The normalized spacial score (nSPS) is 30.1. The Hall–Kier alpha value is -0.790. The van der Waals surface area contributed by atoms with E-state index in [0.717, 1.165) is 19.3 Å². The van der Waals surface area contributed by atoms with Gasteiger partial charge in [0.15, 0.2) is 0 Å². The summed E-state index contributed by atoms with van der Waals surface area (Å²) < 4.78 is 5.09. The molecule has 0 heterocycles. The summed E-state index contributed by atoms with van der Waals surface area (Å²) in [6.07, 6.45) is 9.76. The van der Waals surface area contributed by atoms with Gasteiger partial charge in [0.2, 0.25) is 0 Å². The molecule has 14 heavy (non-hydrogen) atoms. The predicted molar refractivity (Wildman–Crippen MR) is 57.0 cm³/mol. The number of ether oxygens (including phenoxy) is 1. The fourth-order valence-electron chi connectivity index (χ4n) is 1.82. The summed E-state index contributed by atoms with van der Waals surface area (Å²) in [7, 11) is 0. The summed E-state index contributed by atoms with van der Waals surface area (Å²) in [5, 5.41) is 0. The van der Waals surface area contributed by atoms with E-state index in [1.54, 1.807) is 0 Å². The van der Waals surface area contributed by atoms with Crippen LogP contribution in [0.2, 0.25) is 0 Å². The Balaban J connectivity index is 2.67. The van der Waals surface area contributed by atoms with Gasteiger partial charge in [-0.1, -0.05) is 25.0 Å². The molecule has 0 bridgehead atoms. The molecule has 1 rings (SSSR count). The molecule has 0 amide bonds. The van der Waals surface area contributed by atoms with Crippen molar-refractivity contribution in [2.45, 2.75) is 46.0 Å². The van der Waals surface area contributed by atoms with Crippen molar-refractivity contribution >= 4 is 5.97 Å². The second-order valence-electron chi connectivity index (χ2n) is 4.14. The van der Waals surface area contributed by atoms with Gasteiger partial charge < -0.3 is 4.74 Å². The lowest BCUT2D eigenvalue weighted by Crippen LogP contribution is -2.28. The van der Waals surface area contributed by atoms with Crippen LogP contribution < -0.4 is 0 Å². The highest BCUT2D eigenvalue weighted by Crippen LogP contribution is 2.30. The summed E-state index contributed by atoms with van der Waals surface area (Å²) in [5.41, 5.74) is -0.379. The van der Waals surface area contributed by atoms with Crippen LogP contribution in [0.1, 0.15) is 46.0 Å². The van der Waals surface area contributed by atoms with Crippen molar-refractivity contribution in [3.8, 4) is 0 Å². The Morgan fingerprint density at radius 2 is 2.21 bits per heavy atom. The van der Waals surface area contributed by atoms with Crippen molar-refractivity contribution in [2.24, 2.45) is 5.41 Å². The van der Waals surface area contributed by atoms with Crippen molar-refractivity contribution in [3.05, 3.63) is 12.2 Å². The lowest BCUT2D eigenvalue weighted by atomic mass is 9.82. The average molecular weight is 196 g/mol. The highest BCUT2D eigenvalue weighted by atomic mass is 16.5. The number of allylic oxidation sites excluding steroid dienone is 1. The molecule has 0 radical (unpaired) electrons. The summed E-state index contributed by atoms with van der Waals surface area (Å²) in [6.45, 7) is 4.31. The van der Waals surface area contributed by atoms with Gasteiger partial charge in [0.1, 0.15) is 0 Å². The van der Waals surface area contributed by atoms with E-state index >= 15 is 0 Å². The molecule has 0 saturated carbocycles. The second-order valence-corrected chi connectivity index (χ2v) is 4.14. The van der Waals surface area contributed by atoms with Crippen LogP contribution in [0.15, 0.2) is 12.2 Å². The topological polar surface area (TPSA) is 26.3 Å². The Bertz CT molecular complexity index is 220. The first kappa shape index (κ1) is 11.3. The van der Waals surface area contributed by atoms with E-state index in [1.165, 1.54) is 12.8 Å². The molecule has 0 aliphatic heterocycles. The monoisotopic (exact) mass is 196 g/mol. The molecule has 0 aromatic heterocycles. The Kier molecular flexibility index (Phi) is 4.18. The zero-order valence-corrected chi connectivity index (χ0v) is 9.21. The number of carbonyl (C=O) groups excluding carboxylic acids is 1. The number of hydrogen-bond donors (Lipinski definition) is 0. The average Bonchev–Trinajstić information content (AvgIpc) is 2.12. The largest absolute Gasteiger partial charge is 0.465 e. The fourth-order valence-corrected chi connectivity index (χ4v) is 1.82. The van der Waals surface area contributed by atoms with E-state index < -0.39 is 0 Å². The maximum Gasteiger partial charge on any atom is 0.315 e. The Morgan fingerprint density at radius 1 is 1.43 bits per heavy atom. The summed E-state index contributed by atoms with van der Waals surface area (Å²) in [4.78, 5) is 11.7. The van der Waals surface area contributed by atoms with Crippen molar-refractivity contribution in [1.82, 2.24) is 0 Å². The molecule has 1 atom stereocenters. The minimum absolute atomic E-state index is 0.0712. The van der Waals surface area contributed by atoms with Gasteiger partial charge in [0, 0.05) is 0 Å². The first-order valence-electron chi connectivity index (χ1n) is 5.54. The van der Waals surface area contributed by atoms with Crippen LogP contribution in [0.3, 0.4) is 0 Å². The summed E-state index contributed by atoms with van der Waals surface area (Å²) in [5.74, 6) is -0.0712. The van der Waals surface area contributed by atoms with E-state index in [4.69, 9.17) is 4.74 Å². The minimum Gasteiger partial charge on any atom is -0.465 e. The molecule has 0 spiro atoms. The van der Waals surface area contributed by atoms with E-state index in [1.807, 2.05) is 19.9 Å². The van der Waals surface area contributed by atoms with E-state index in [9.17, 15) is 4.79 Å². The highest BCUT2D eigenvalue weighted by Gasteiger charge is 2.31. The Morgan fingerprint density at radius 3 is 2.93 bits per heavy atom. The number of esters is 1. The molecule has 0 saturated heterocycles. The van der Waals surface area contributed by atoms with E-state index in [2.05, 4.69) is 6.08 Å². The molecule has 0 aromatic carbocycles. The zero-order valence-electron chi connectivity index (χ0n) is 9.21. The zero-order chi connectivity index (χ0) is 10.4. The smallest absolute Gasteiger partial charge is 0.315 e. The number of rotatable bonds is 2. The molecular weight excluding hydrogens is 176 g/mol. The van der Waals surface area contributed by atoms with Gasteiger partial charge in [-0.25, -0.2) is 0 Å². The molecule has 1 unspecified atom stereocenters. The van der Waals surface area contributed by atoms with E-state index in [-0.39, 0.29) is 11.4 Å². The van der Waals surface area contributed by atoms with Gasteiger partial charge >= 0.3 is 5.97 Å². The van der Waals surface area contributed by atoms with Gasteiger partial charge in [-0.3, -0.25) is 4.79 Å². The molecule has 0 aromatic rings. The van der Waals surface area contributed by atoms with Crippen molar-refractivity contribution < 1.29 is 9.53 Å². The van der Waals surface area contributed by atoms with Crippen LogP contribution >= 0.6 is 0 Å². The molecule has 0 fully saturated rings. The minimum atomic E-state index is -0.379. The Labute approximate surface area is 86.3 Å². The standard InChI is InChI=1S/C12H20O2/c1-3-14-11(13)12(2)9-7-5-4-6-8-10-12/h7,9H,3-6,8,10H2,1-2H3/b9-7-. The summed E-state index contributed by atoms with van der Waals surface area (Å²) >= 11 is 0. The van der Waals surface area contributed by atoms with Crippen LogP contribution in [-0.4, -0.2) is 12.6 Å². The molecule has 1 aliphatic rings. The number of hydrogen-bond acceptors (Lipinski definition) is 2. The third-order valence-corrected chi connectivity index (χ3v) is 2.79. The van der Waals surface area contributed by atoms with Crippen LogP contribution in [-0.2, 0) is 9.53 Å². The maximum absolute atomic E-state index is 11.7. The third kappa shape index (κ3) is 2.86. The van der Waals surface area contributed by atoms with Gasteiger partial charge in [0.05, 0.1) is 12.0 Å². The van der Waals surface area contributed by atoms with Crippen LogP contribution in [0, 0.1) is 5.41 Å². The van der Waals surface area contributed by atoms with Crippen molar-refractivity contribution in [3.63, 3.8) is 0 Å². The lowest BCUT2D eigenvalue weighted by molar-refractivity contribution is -0.152. The molecular formula is C12H20O2. The van der Waals surface area contributed by atoms with E-state index in [0.29, 0.717) is 6.61 Å². The molecule has 80 valence electrons. The number of carbonyl (C=O) groups is 1. The van der Waals surface area contributed by atoms with Gasteiger partial charge in [0.25, 0.3) is 0 Å². The first-order chi connectivity index (χ1) is 6.69. The second kappa shape index (κ2) is 5.18. The maximum atomic E-state index is 11.7. The molecule has 1 aliphatic carbocycles. The van der Waals surface area contributed by atoms with Gasteiger partial charge in [-0.2, -0.15) is 0 Å². The predicted octanol–water partition coefficient (Wildman–Crippen LogP) is 3.08. The highest BCUT2D eigenvalue weighted by molar-refractivity contribution is 5.78. The van der Waals surface area contributed by atoms with Crippen LogP contribution in [0.4, 0.5) is 0 Å². The van der Waals surface area contributed by atoms with Crippen LogP contribution in [0.5, 0.6) is 0 Å². The lowest BCUT2D eigenvalue weighted by Gasteiger charge is -2.24.